The lowest BCUT2D eigenvalue weighted by atomic mass is 9.95. The van der Waals surface area contributed by atoms with Crippen LogP contribution in [0.3, 0.4) is 0 Å². The van der Waals surface area contributed by atoms with Gasteiger partial charge in [0.1, 0.15) is 13.6 Å². The molecule has 0 amide bonds. The topological polar surface area (TPSA) is 20.2 Å². The van der Waals surface area contributed by atoms with E-state index in [0.29, 0.717) is 5.75 Å². The van der Waals surface area contributed by atoms with E-state index in [0.717, 1.165) is 21.1 Å². The summed E-state index contributed by atoms with van der Waals surface area (Å²) in [7, 11) is 5.67. The molecule has 0 spiro atoms. The highest BCUT2D eigenvalue weighted by atomic mass is 32.1. The second-order valence-corrected chi connectivity index (χ2v) is 5.04. The van der Waals surface area contributed by atoms with Crippen molar-refractivity contribution in [3.05, 3.63) is 48.5 Å². The van der Waals surface area contributed by atoms with Gasteiger partial charge in [0.15, 0.2) is 0 Å². The van der Waals surface area contributed by atoms with E-state index in [2.05, 4.69) is 6.07 Å². The van der Waals surface area contributed by atoms with Crippen LogP contribution in [0.15, 0.2) is 48.5 Å². The van der Waals surface area contributed by atoms with Crippen LogP contribution in [0.5, 0.6) is 5.75 Å². The zero-order chi connectivity index (χ0) is 11.8. The van der Waals surface area contributed by atoms with E-state index in [9.17, 15) is 5.11 Å². The summed E-state index contributed by atoms with van der Waals surface area (Å²) in [4.78, 5) is 1.19. The van der Waals surface area contributed by atoms with Gasteiger partial charge in [-0.15, -0.1) is 11.3 Å². The van der Waals surface area contributed by atoms with Gasteiger partial charge >= 0.3 is 0 Å². The van der Waals surface area contributed by atoms with Crippen LogP contribution in [0.25, 0.3) is 20.5 Å². The smallest absolute Gasteiger partial charge is 0.117 e. The lowest BCUT2D eigenvalue weighted by Gasteiger charge is -1.97. The third kappa shape index (κ3) is 1.94. The predicted molar refractivity (Wildman–Crippen MR) is 74.3 cm³/mol. The molecule has 1 heterocycles. The van der Waals surface area contributed by atoms with Gasteiger partial charge in [-0.3, -0.25) is 0 Å². The standard InChI is InChI=1S/C14H9BOS/c15-11-4-1-9(2-5-11)13-7-10-3-6-12(16)8-14(10)17-13/h1-8,16H. The molecule has 0 aliphatic carbocycles. The van der Waals surface area contributed by atoms with E-state index in [4.69, 9.17) is 7.85 Å². The second-order valence-electron chi connectivity index (χ2n) is 3.95. The molecule has 17 heavy (non-hydrogen) atoms. The first-order chi connectivity index (χ1) is 8.22. The molecule has 1 nitrogen and oxygen atoms in total. The molecule has 3 heteroatoms. The first-order valence-corrected chi connectivity index (χ1v) is 6.12. The summed E-state index contributed by atoms with van der Waals surface area (Å²) in [5.74, 6) is 0.309. The van der Waals surface area contributed by atoms with Crippen LogP contribution in [0.1, 0.15) is 0 Å². The first-order valence-electron chi connectivity index (χ1n) is 5.31. The number of rotatable bonds is 1. The Morgan fingerprint density at radius 2 is 1.71 bits per heavy atom. The van der Waals surface area contributed by atoms with Gasteiger partial charge in [0, 0.05) is 9.58 Å². The Hall–Kier alpha value is -1.74. The van der Waals surface area contributed by atoms with Gasteiger partial charge in [-0.05, 0) is 35.2 Å². The number of fused-ring (bicyclic) bond motifs is 1. The molecule has 3 rings (SSSR count). The minimum atomic E-state index is 0.309. The van der Waals surface area contributed by atoms with Gasteiger partial charge in [0.2, 0.25) is 0 Å². The number of hydrogen-bond donors (Lipinski definition) is 1. The molecule has 1 aromatic heterocycles. The van der Waals surface area contributed by atoms with Crippen molar-refractivity contribution in [3.63, 3.8) is 0 Å². The summed E-state index contributed by atoms with van der Waals surface area (Å²) in [5.41, 5.74) is 1.92. The van der Waals surface area contributed by atoms with Crippen LogP contribution in [-0.2, 0) is 0 Å². The lowest BCUT2D eigenvalue weighted by molar-refractivity contribution is 0.476. The third-order valence-electron chi connectivity index (χ3n) is 2.70. The molecular weight excluding hydrogens is 227 g/mol. The Balaban J connectivity index is 2.14. The fraction of sp³-hybridized carbons (Fsp3) is 0. The Labute approximate surface area is 105 Å². The van der Waals surface area contributed by atoms with Gasteiger partial charge in [0.25, 0.3) is 0 Å². The van der Waals surface area contributed by atoms with Crippen molar-refractivity contribution < 1.29 is 5.11 Å². The fourth-order valence-electron chi connectivity index (χ4n) is 1.81. The summed E-state index contributed by atoms with van der Waals surface area (Å²) in [5, 5.41) is 10.6. The molecule has 2 radical (unpaired) electrons. The maximum atomic E-state index is 9.44. The number of thiophene rings is 1. The van der Waals surface area contributed by atoms with Crippen LogP contribution in [0, 0.1) is 0 Å². The van der Waals surface area contributed by atoms with Gasteiger partial charge in [0.05, 0.1) is 0 Å². The number of benzene rings is 2. The van der Waals surface area contributed by atoms with Crippen LogP contribution >= 0.6 is 11.3 Å². The largest absolute Gasteiger partial charge is 0.508 e. The summed E-state index contributed by atoms with van der Waals surface area (Å²) in [6.07, 6.45) is 0. The minimum Gasteiger partial charge on any atom is -0.508 e. The van der Waals surface area contributed by atoms with Gasteiger partial charge in [-0.2, -0.15) is 0 Å². The molecule has 0 aliphatic rings. The SMILES string of the molecule is [B]c1ccc(-c2cc3ccc(O)cc3s2)cc1. The summed E-state index contributed by atoms with van der Waals surface area (Å²) < 4.78 is 1.09. The maximum absolute atomic E-state index is 9.44. The number of aromatic hydroxyl groups is 1. The van der Waals surface area contributed by atoms with Crippen molar-refractivity contribution in [2.24, 2.45) is 0 Å². The average molecular weight is 236 g/mol. The summed E-state index contributed by atoms with van der Waals surface area (Å²) >= 11 is 1.67. The molecule has 0 atom stereocenters. The van der Waals surface area contributed by atoms with Crippen LogP contribution in [0.4, 0.5) is 0 Å². The zero-order valence-electron chi connectivity index (χ0n) is 9.05. The molecule has 80 valence electrons. The van der Waals surface area contributed by atoms with Crippen LogP contribution in [-0.4, -0.2) is 13.0 Å². The number of phenolic OH excluding ortho intramolecular Hbond substituents is 1. The monoisotopic (exact) mass is 236 g/mol. The van der Waals surface area contributed by atoms with Crippen molar-refractivity contribution in [1.82, 2.24) is 0 Å². The van der Waals surface area contributed by atoms with E-state index in [1.54, 1.807) is 23.5 Å². The molecule has 1 N–H and O–H groups in total. The van der Waals surface area contributed by atoms with E-state index >= 15 is 0 Å². The highest BCUT2D eigenvalue weighted by Crippen LogP contribution is 2.34. The Kier molecular flexibility index (Phi) is 2.41. The highest BCUT2D eigenvalue weighted by Gasteiger charge is 2.04. The number of phenols is 1. The van der Waals surface area contributed by atoms with E-state index in [1.807, 2.05) is 30.3 Å². The van der Waals surface area contributed by atoms with Crippen molar-refractivity contribution in [1.29, 1.82) is 0 Å². The normalized spacial score (nSPS) is 10.8. The molecule has 0 fully saturated rings. The molecule has 0 saturated heterocycles. The molecule has 3 aromatic rings. The fourth-order valence-corrected chi connectivity index (χ4v) is 2.91. The highest BCUT2D eigenvalue weighted by molar-refractivity contribution is 7.22. The molecule has 0 unspecified atom stereocenters. The van der Waals surface area contributed by atoms with Crippen LogP contribution in [0.2, 0.25) is 0 Å². The average Bonchev–Trinajstić information content (AvgIpc) is 2.72. The minimum absolute atomic E-state index is 0.309. The molecule has 2 aromatic carbocycles. The second kappa shape index (κ2) is 3.93. The third-order valence-corrected chi connectivity index (χ3v) is 3.85. The van der Waals surface area contributed by atoms with Crippen molar-refractivity contribution >= 4 is 34.7 Å². The summed E-state index contributed by atoms with van der Waals surface area (Å²) in [6, 6.07) is 15.4. The predicted octanol–water partition coefficient (Wildman–Crippen LogP) is 3.07. The zero-order valence-corrected chi connectivity index (χ0v) is 9.87. The van der Waals surface area contributed by atoms with Crippen LogP contribution < -0.4 is 5.46 Å². The maximum Gasteiger partial charge on any atom is 0.117 e. The summed E-state index contributed by atoms with van der Waals surface area (Å²) in [6.45, 7) is 0. The van der Waals surface area contributed by atoms with Gasteiger partial charge < -0.3 is 5.11 Å². The Bertz CT molecular complexity index is 670. The molecule has 0 aliphatic heterocycles. The van der Waals surface area contributed by atoms with Gasteiger partial charge in [-0.1, -0.05) is 29.7 Å². The van der Waals surface area contributed by atoms with Crippen molar-refractivity contribution in [2.45, 2.75) is 0 Å². The van der Waals surface area contributed by atoms with Crippen molar-refractivity contribution in [2.75, 3.05) is 0 Å². The van der Waals surface area contributed by atoms with Gasteiger partial charge in [-0.25, -0.2) is 0 Å². The Morgan fingerprint density at radius 3 is 2.47 bits per heavy atom. The number of hydrogen-bond acceptors (Lipinski definition) is 2. The van der Waals surface area contributed by atoms with E-state index in [-0.39, 0.29) is 0 Å². The lowest BCUT2D eigenvalue weighted by Crippen LogP contribution is -1.98. The first kappa shape index (κ1) is 10.4. The quantitative estimate of drug-likeness (QED) is 0.644. The molecule has 0 saturated carbocycles. The molecule has 0 bridgehead atoms. The van der Waals surface area contributed by atoms with E-state index < -0.39 is 0 Å². The Morgan fingerprint density at radius 1 is 0.941 bits per heavy atom. The van der Waals surface area contributed by atoms with E-state index in [1.165, 1.54) is 4.88 Å². The van der Waals surface area contributed by atoms with Crippen molar-refractivity contribution in [3.8, 4) is 16.2 Å². The molecular formula is C14H9BOS.